The van der Waals surface area contributed by atoms with Crippen molar-refractivity contribution in [3.63, 3.8) is 0 Å². The highest BCUT2D eigenvalue weighted by Crippen LogP contribution is 2.24. The summed E-state index contributed by atoms with van der Waals surface area (Å²) < 4.78 is 11.1. The molecule has 0 aromatic carbocycles. The highest BCUT2D eigenvalue weighted by atomic mass is 16.7. The Morgan fingerprint density at radius 2 is 0.822 bits per heavy atom. The lowest BCUT2D eigenvalue weighted by Crippen LogP contribution is -2.60. The maximum atomic E-state index is 13.2. The van der Waals surface area contributed by atoms with E-state index in [1.165, 1.54) is 199 Å². The summed E-state index contributed by atoms with van der Waals surface area (Å²) in [6, 6.07) is -1.17. The lowest BCUT2D eigenvalue weighted by atomic mass is 9.98. The Kier molecular flexibility index (Phi) is 49.0. The molecule has 0 saturated carbocycles. The first-order valence-electron chi connectivity index (χ1n) is 31.3. The van der Waals surface area contributed by atoms with E-state index in [1.807, 2.05) is 0 Å². The molecule has 1 rings (SSSR count). The average molecular weight is 1040 g/mol. The van der Waals surface area contributed by atoms with Gasteiger partial charge in [-0.2, -0.15) is 0 Å². The summed E-state index contributed by atoms with van der Waals surface area (Å²) in [7, 11) is 0. The molecule has 0 aliphatic carbocycles. The van der Waals surface area contributed by atoms with E-state index in [1.54, 1.807) is 0 Å². The third-order valence-electron chi connectivity index (χ3n) is 15.3. The van der Waals surface area contributed by atoms with Crippen LogP contribution in [0, 0.1) is 0 Å². The first-order valence-corrected chi connectivity index (χ1v) is 31.3. The van der Waals surface area contributed by atoms with Gasteiger partial charge in [-0.05, 0) is 38.5 Å². The van der Waals surface area contributed by atoms with E-state index in [0.29, 0.717) is 19.3 Å². The van der Waals surface area contributed by atoms with Crippen LogP contribution in [-0.2, 0) is 14.3 Å². The van der Waals surface area contributed by atoms with Gasteiger partial charge in [0, 0.05) is 0 Å². The first kappa shape index (κ1) is 69.6. The average Bonchev–Trinajstić information content (AvgIpc) is 3.39. The van der Waals surface area contributed by atoms with E-state index in [2.05, 4.69) is 43.5 Å². The van der Waals surface area contributed by atoms with E-state index in [4.69, 9.17) is 9.47 Å². The molecule has 1 amide bonds. The second-order valence-electron chi connectivity index (χ2n) is 22.2. The number of unbranched alkanes of at least 4 members (excludes halogenated alkanes) is 39. The molecule has 9 atom stereocenters. The molecule has 9 unspecified atom stereocenters. The summed E-state index contributed by atoms with van der Waals surface area (Å²) in [6.45, 7) is 3.44. The molecule has 1 heterocycles. The SMILES string of the molecule is CCCCC/C=C\C=C/CCCCCCCC(O)C(=O)NC(COC1OC(CO)C(O)C(O)C1O)C(O)C(O)CCCCCCCCCCCCCCCCCCCCCCCCCCCCCCCCCC. The van der Waals surface area contributed by atoms with Crippen LogP contribution in [0.25, 0.3) is 0 Å². The molecule has 0 bridgehead atoms. The fourth-order valence-electron chi connectivity index (χ4n) is 10.2. The Bertz CT molecular complexity index is 1240. The van der Waals surface area contributed by atoms with Crippen molar-refractivity contribution >= 4 is 5.91 Å². The number of ether oxygens (including phenoxy) is 2. The topological polar surface area (TPSA) is 189 Å². The summed E-state index contributed by atoms with van der Waals surface area (Å²) in [5, 5.41) is 76.1. The van der Waals surface area contributed by atoms with E-state index in [0.717, 1.165) is 57.8 Å². The van der Waals surface area contributed by atoms with Gasteiger partial charge in [0.1, 0.15) is 36.6 Å². The van der Waals surface area contributed by atoms with Gasteiger partial charge < -0.3 is 50.5 Å². The van der Waals surface area contributed by atoms with Crippen LogP contribution in [0.15, 0.2) is 24.3 Å². The quantitative estimate of drug-likeness (QED) is 0.0215. The summed E-state index contributed by atoms with van der Waals surface area (Å²) in [5.74, 6) is -0.706. The minimum Gasteiger partial charge on any atom is -0.394 e. The molecular formula is C62H119NO10. The molecule has 73 heavy (non-hydrogen) atoms. The van der Waals surface area contributed by atoms with Crippen LogP contribution < -0.4 is 5.32 Å². The monoisotopic (exact) mass is 1040 g/mol. The van der Waals surface area contributed by atoms with Crippen molar-refractivity contribution in [1.29, 1.82) is 0 Å². The van der Waals surface area contributed by atoms with Gasteiger partial charge >= 0.3 is 0 Å². The Morgan fingerprint density at radius 1 is 0.479 bits per heavy atom. The highest BCUT2D eigenvalue weighted by molar-refractivity contribution is 5.80. The summed E-state index contributed by atoms with van der Waals surface area (Å²) in [6.07, 6.45) is 51.2. The number of carbonyl (C=O) groups excluding carboxylic acids is 1. The molecule has 0 aromatic rings. The molecule has 1 fully saturated rings. The second-order valence-corrected chi connectivity index (χ2v) is 22.2. The standard InChI is InChI=1S/C62H119NO10/c1-3-5-7-9-11-13-15-17-19-20-21-22-23-24-25-26-27-28-29-30-31-32-33-34-35-36-38-39-41-43-45-47-49-54(65)57(67)53(52-72-62-60(70)59(69)58(68)56(51-64)73-62)63-61(71)55(66)50-48-46-44-42-40-37-18-16-14-12-10-8-6-4-2/h12,14,16,18,53-60,62,64-70H,3-11,13,15,17,19-52H2,1-2H3,(H,63,71)/b14-12-,18-16-. The zero-order chi connectivity index (χ0) is 53.3. The molecule has 11 heteroatoms. The zero-order valence-electron chi connectivity index (χ0n) is 47.4. The van der Waals surface area contributed by atoms with Crippen LogP contribution in [0.4, 0.5) is 0 Å². The van der Waals surface area contributed by atoms with Crippen LogP contribution in [0.1, 0.15) is 296 Å². The Labute approximate surface area is 448 Å². The molecule has 1 saturated heterocycles. The fraction of sp³-hybridized carbons (Fsp3) is 0.919. The van der Waals surface area contributed by atoms with Gasteiger partial charge in [-0.15, -0.1) is 0 Å². The first-order chi connectivity index (χ1) is 35.7. The Balaban J connectivity index is 2.19. The molecule has 0 aromatic heterocycles. The largest absolute Gasteiger partial charge is 0.394 e. The number of hydrogen-bond acceptors (Lipinski definition) is 10. The van der Waals surface area contributed by atoms with Gasteiger partial charge in [0.05, 0.1) is 25.4 Å². The maximum absolute atomic E-state index is 13.2. The molecule has 1 aliphatic rings. The van der Waals surface area contributed by atoms with Gasteiger partial charge in [0.25, 0.3) is 0 Å². The third kappa shape index (κ3) is 39.6. The van der Waals surface area contributed by atoms with E-state index in [-0.39, 0.29) is 6.42 Å². The summed E-state index contributed by atoms with van der Waals surface area (Å²) in [4.78, 5) is 13.2. The van der Waals surface area contributed by atoms with Gasteiger partial charge in [-0.1, -0.05) is 282 Å². The van der Waals surface area contributed by atoms with Crippen molar-refractivity contribution in [2.24, 2.45) is 0 Å². The highest BCUT2D eigenvalue weighted by Gasteiger charge is 2.44. The van der Waals surface area contributed by atoms with Gasteiger partial charge in [0.2, 0.25) is 5.91 Å². The molecule has 432 valence electrons. The van der Waals surface area contributed by atoms with Crippen LogP contribution in [0.3, 0.4) is 0 Å². The van der Waals surface area contributed by atoms with Crippen molar-refractivity contribution < 1.29 is 50.0 Å². The molecule has 8 N–H and O–H groups in total. The van der Waals surface area contributed by atoms with Crippen LogP contribution in [-0.4, -0.2) is 110 Å². The van der Waals surface area contributed by atoms with Crippen molar-refractivity contribution in [2.75, 3.05) is 13.2 Å². The number of rotatable bonds is 54. The number of hydrogen-bond donors (Lipinski definition) is 8. The molecule has 0 radical (unpaired) electrons. The van der Waals surface area contributed by atoms with Gasteiger partial charge in [0.15, 0.2) is 6.29 Å². The Hall–Kier alpha value is -1.41. The fourth-order valence-corrected chi connectivity index (χ4v) is 10.2. The number of aliphatic hydroxyl groups excluding tert-OH is 7. The molecule has 11 nitrogen and oxygen atoms in total. The predicted octanol–water partition coefficient (Wildman–Crippen LogP) is 13.7. The van der Waals surface area contributed by atoms with Crippen molar-refractivity contribution in [3.8, 4) is 0 Å². The summed E-state index contributed by atoms with van der Waals surface area (Å²) in [5.41, 5.74) is 0. The van der Waals surface area contributed by atoms with Crippen molar-refractivity contribution in [2.45, 2.75) is 351 Å². The molecular weight excluding hydrogens is 919 g/mol. The lowest BCUT2D eigenvalue weighted by Gasteiger charge is -2.40. The molecule has 0 spiro atoms. The second kappa shape index (κ2) is 51.4. The van der Waals surface area contributed by atoms with Gasteiger partial charge in [-0.25, -0.2) is 0 Å². The number of nitrogens with one attached hydrogen (secondary N) is 1. The Morgan fingerprint density at radius 3 is 1.22 bits per heavy atom. The zero-order valence-corrected chi connectivity index (χ0v) is 47.4. The van der Waals surface area contributed by atoms with Crippen molar-refractivity contribution in [3.05, 3.63) is 24.3 Å². The summed E-state index contributed by atoms with van der Waals surface area (Å²) >= 11 is 0. The number of carbonyl (C=O) groups is 1. The third-order valence-corrected chi connectivity index (χ3v) is 15.3. The van der Waals surface area contributed by atoms with Gasteiger partial charge in [-0.3, -0.25) is 4.79 Å². The van der Waals surface area contributed by atoms with Crippen LogP contribution in [0.5, 0.6) is 0 Å². The smallest absolute Gasteiger partial charge is 0.249 e. The normalized spacial score (nSPS) is 20.0. The van der Waals surface area contributed by atoms with Crippen LogP contribution >= 0.6 is 0 Å². The predicted molar refractivity (Wildman–Crippen MR) is 302 cm³/mol. The number of aliphatic hydroxyl groups is 7. The number of allylic oxidation sites excluding steroid dienone is 4. The van der Waals surface area contributed by atoms with E-state index >= 15 is 0 Å². The van der Waals surface area contributed by atoms with Crippen molar-refractivity contribution in [1.82, 2.24) is 5.32 Å². The number of amides is 1. The van der Waals surface area contributed by atoms with E-state index in [9.17, 15) is 40.5 Å². The maximum Gasteiger partial charge on any atom is 0.249 e. The van der Waals surface area contributed by atoms with Crippen LogP contribution in [0.2, 0.25) is 0 Å². The minimum absolute atomic E-state index is 0.243. The van der Waals surface area contributed by atoms with E-state index < -0.39 is 74.2 Å². The lowest BCUT2D eigenvalue weighted by molar-refractivity contribution is -0.303. The molecule has 1 aliphatic heterocycles. The minimum atomic E-state index is -1.66.